The number of carbonyl (C=O) groups is 10. The molecule has 11 heterocycles. The second kappa shape index (κ2) is 54.8. The quantitative estimate of drug-likeness (QED) is 0.188. The van der Waals surface area contributed by atoms with E-state index in [-0.39, 0.29) is 94.2 Å². The lowest BCUT2D eigenvalue weighted by molar-refractivity contribution is -0.139. The number of carbonyl (C=O) groups excluding carboxylic acids is 10. The maximum atomic E-state index is 11.9. The minimum absolute atomic E-state index is 0.0331. The first kappa shape index (κ1) is 110. The number of nitrogens with zero attached hydrogens (tertiary/aromatic N) is 18. The number of hydrogen-bond acceptors (Lipinski definition) is 23. The Morgan fingerprint density at radius 3 is 1.10 bits per heavy atom. The minimum atomic E-state index is -2.78. The van der Waals surface area contributed by atoms with Crippen LogP contribution in [0.3, 0.4) is 0 Å². The summed E-state index contributed by atoms with van der Waals surface area (Å²) in [6.07, 6.45) is 9.25. The summed E-state index contributed by atoms with van der Waals surface area (Å²) in [7, 11) is 1.03. The first-order valence-corrected chi connectivity index (χ1v) is 47.9. The first-order chi connectivity index (χ1) is 58.7. The molecule has 125 heavy (non-hydrogen) atoms. The van der Waals surface area contributed by atoms with Crippen molar-refractivity contribution in [1.82, 2.24) is 83.5 Å². The van der Waals surface area contributed by atoms with Crippen LogP contribution in [-0.4, -0.2) is 417 Å². The Hall–Kier alpha value is -7.47. The fraction of sp³-hybridized carbons (Fsp3) is 0.802. The summed E-state index contributed by atoms with van der Waals surface area (Å²) in [5.74, 6) is 3.78. The van der Waals surface area contributed by atoms with Crippen LogP contribution in [0, 0.1) is 47.3 Å². The molecule has 2 N–H and O–H groups in total. The molecule has 2 aromatic heterocycles. The summed E-state index contributed by atoms with van der Waals surface area (Å²) in [6, 6.07) is 4.40. The Morgan fingerprint density at radius 1 is 0.456 bits per heavy atom. The zero-order valence-electron chi connectivity index (χ0n) is 81.1. The lowest BCUT2D eigenvalue weighted by Gasteiger charge is -2.42. The Labute approximate surface area is 751 Å². The number of ether oxygens (including phenoxy) is 1. The van der Waals surface area contributed by atoms with Crippen LogP contribution in [0.4, 0.5) is 5.69 Å². The number of methoxy groups -OCH3 is 1. The van der Waals surface area contributed by atoms with Gasteiger partial charge in [0.2, 0.25) is 65.5 Å². The molecule has 714 valence electrons. The Balaban J connectivity index is 0.000000301. The fourth-order valence-corrected chi connectivity index (χ4v) is 17.0. The maximum Gasteiger partial charge on any atom is 0.237 e. The largest absolute Gasteiger partial charge is 0.448 e. The lowest BCUT2D eigenvalue weighted by atomic mass is 10.0. The van der Waals surface area contributed by atoms with E-state index in [0.717, 1.165) is 208 Å². The van der Waals surface area contributed by atoms with E-state index in [2.05, 4.69) is 73.3 Å². The van der Waals surface area contributed by atoms with Crippen molar-refractivity contribution in [3.63, 3.8) is 0 Å². The number of hydrogen-bond donors (Lipinski definition) is 1. The van der Waals surface area contributed by atoms with Crippen LogP contribution in [0.5, 0.6) is 0 Å². The van der Waals surface area contributed by atoms with E-state index in [9.17, 15) is 56.4 Å². The van der Waals surface area contributed by atoms with Crippen LogP contribution in [0.1, 0.15) is 164 Å². The van der Waals surface area contributed by atoms with Crippen molar-refractivity contribution in [2.45, 2.75) is 182 Å². The van der Waals surface area contributed by atoms with Crippen LogP contribution in [0.2, 0.25) is 0 Å². The summed E-state index contributed by atoms with van der Waals surface area (Å²) >= 11 is 0. The minimum Gasteiger partial charge on any atom is -0.448 e. The van der Waals surface area contributed by atoms with Crippen molar-refractivity contribution in [1.29, 1.82) is 0 Å². The monoisotopic (exact) mass is 1780 g/mol. The molecule has 9 saturated heterocycles. The number of oxazole rings is 1. The molecule has 0 spiro atoms. The lowest BCUT2D eigenvalue weighted by Crippen LogP contribution is -2.60. The molecule has 0 radical (unpaired) electrons. The van der Waals surface area contributed by atoms with Gasteiger partial charge in [0.1, 0.15) is 16.1 Å². The zero-order chi connectivity index (χ0) is 93.6. The predicted molar refractivity (Wildman–Crippen MR) is 492 cm³/mol. The zero-order valence-corrected chi connectivity index (χ0v) is 81.9. The normalized spacial score (nSPS) is 19.4. The highest BCUT2D eigenvalue weighted by molar-refractivity contribution is 7.91. The van der Waals surface area contributed by atoms with Gasteiger partial charge in [0.15, 0.2) is 0 Å². The van der Waals surface area contributed by atoms with E-state index in [1.54, 1.807) is 30.7 Å². The van der Waals surface area contributed by atoms with Crippen molar-refractivity contribution in [2.24, 2.45) is 53.1 Å². The number of pyridine rings is 1. The summed E-state index contributed by atoms with van der Waals surface area (Å²) in [5, 5.41) is 0. The topological polar surface area (TPSA) is 331 Å². The van der Waals surface area contributed by atoms with Crippen molar-refractivity contribution in [2.75, 3.05) is 253 Å². The van der Waals surface area contributed by atoms with Gasteiger partial charge in [-0.15, -0.1) is 0 Å². The van der Waals surface area contributed by atoms with Crippen LogP contribution < -0.4 is 10.6 Å². The van der Waals surface area contributed by atoms with Gasteiger partial charge in [0.05, 0.1) is 48.3 Å². The van der Waals surface area contributed by atoms with E-state index in [1.807, 2.05) is 181 Å². The third kappa shape index (κ3) is 38.4. The molecule has 9 aliphatic rings. The molecular weight excluding hydrogens is 1620 g/mol. The molecule has 2 aromatic rings. The SMILES string of the molecule is CC(C)C(=O)N1CCN(C(C)(C)C(N)=O)CC1.CC(C)C(=O)N1CCN(C(C)(C)C)CC1.CC(C)C(=O)N1CCN(C)CC1.CC(C)C(=O)N1CCN(C2CCS(=O)(=O)CC2)CC1.CC(C)C(=O)N1CCN(C=O)CC1.CC(C)C(=O)N1CCN(Cc2ncco2)CC1.CC(C)C(=O)N1CCN(c2cccnc2)CC1.COCCN1CCN(C(=O)C(C)C)CC1. The maximum absolute atomic E-state index is 11.9. The van der Waals surface area contributed by atoms with Gasteiger partial charge in [-0.1, -0.05) is 111 Å². The third-order valence-corrected chi connectivity index (χ3v) is 25.9. The average molecular weight is 1780 g/mol. The van der Waals surface area contributed by atoms with Gasteiger partial charge < -0.3 is 68.8 Å². The van der Waals surface area contributed by atoms with E-state index in [1.165, 1.54) is 0 Å². The highest BCUT2D eigenvalue weighted by Gasteiger charge is 2.38. The van der Waals surface area contributed by atoms with Gasteiger partial charge in [-0.2, -0.15) is 0 Å². The molecule has 0 atom stereocenters. The molecular formula is C91H165N19O14S. The van der Waals surface area contributed by atoms with Gasteiger partial charge >= 0.3 is 0 Å². The molecule has 9 fully saturated rings. The highest BCUT2D eigenvalue weighted by atomic mass is 32.2. The fourth-order valence-electron chi connectivity index (χ4n) is 15.6. The molecule has 0 unspecified atom stereocenters. The second-order valence-corrected chi connectivity index (χ2v) is 40.3. The number of amides is 10. The predicted octanol–water partition coefficient (Wildman–Crippen LogP) is 5.15. The van der Waals surface area contributed by atoms with Crippen LogP contribution in [-0.2, 0) is 69.1 Å². The van der Waals surface area contributed by atoms with Gasteiger partial charge in [0, 0.05) is 288 Å². The number of sulfone groups is 1. The van der Waals surface area contributed by atoms with Crippen LogP contribution in [0.15, 0.2) is 41.4 Å². The van der Waals surface area contributed by atoms with Gasteiger partial charge in [0.25, 0.3) is 0 Å². The number of primary amides is 1. The van der Waals surface area contributed by atoms with E-state index >= 15 is 0 Å². The number of nitrogens with two attached hydrogens (primary N) is 1. The van der Waals surface area contributed by atoms with Gasteiger partial charge in [-0.3, -0.25) is 77.4 Å². The number of aromatic nitrogens is 2. The average Bonchev–Trinajstić information content (AvgIpc) is 0.889. The summed E-state index contributed by atoms with van der Waals surface area (Å²) in [4.78, 5) is 157. The molecule has 0 aromatic carbocycles. The van der Waals surface area contributed by atoms with Crippen molar-refractivity contribution >= 4 is 75.1 Å². The smallest absolute Gasteiger partial charge is 0.237 e. The number of rotatable bonds is 18. The Kier molecular flexibility index (Phi) is 48.1. The standard InChI is InChI=1S/C13H19N3O.C13H24N2O3S.C12H19N3O2.C12H23N3O2.C12H24N2O.C11H22N2O2.C9H16N2O2.C9H18N2O/c1-11(2)13(17)16-8-6-15(7-9-16)12-4-3-5-14-10-12;1-11(2)13(16)15-7-5-14(6-8-15)12-3-9-19(17,18)10-4-12;1-10(2)12(16)15-6-4-14(5-7-15)9-11-13-3-8-17-11;1-9(2)10(16)14-5-7-15(8-6-14)12(3,4)11(13)17;1-10(2)11(15)13-6-8-14(9-7-13)12(3,4)5;1-10(2)11(14)13-6-4-12(5-7-13)8-9-15-3;1-8(2)9(13)11-5-3-10(7-12)4-6-11;1-8(2)9(12)11-6-4-10(3)5-7-11/h3-5,10-11H,6-9H2,1-2H3;11-12H,3-10H2,1-2H3;3,8,10H,4-7,9H2,1-2H3;9H,5-8H2,1-4H3,(H2,13,17);10H,6-9H2,1-5H3;10H,4-9H2,1-3H3;7-8H,3-6H2,1-2H3;8H,4-7H2,1-3H3. The highest BCUT2D eigenvalue weighted by Crippen LogP contribution is 2.24. The van der Waals surface area contributed by atoms with E-state index in [0.29, 0.717) is 81.7 Å². The molecule has 11 rings (SSSR count). The number of piperazine rings is 8. The van der Waals surface area contributed by atoms with E-state index in [4.69, 9.17) is 14.9 Å². The van der Waals surface area contributed by atoms with Gasteiger partial charge in [-0.25, -0.2) is 13.4 Å². The number of anilines is 1. The van der Waals surface area contributed by atoms with Crippen molar-refractivity contribution < 1.29 is 65.5 Å². The molecule has 0 bridgehead atoms. The van der Waals surface area contributed by atoms with Crippen molar-refractivity contribution in [3.05, 3.63) is 42.9 Å². The molecule has 9 aliphatic heterocycles. The second-order valence-electron chi connectivity index (χ2n) is 38.0. The first-order valence-electron chi connectivity index (χ1n) is 46.1. The summed E-state index contributed by atoms with van der Waals surface area (Å²) in [5.41, 5.74) is 6.12. The molecule has 34 heteroatoms. The Morgan fingerprint density at radius 2 is 0.784 bits per heavy atom. The summed E-state index contributed by atoms with van der Waals surface area (Å²) < 4.78 is 33.1. The van der Waals surface area contributed by atoms with E-state index < -0.39 is 15.4 Å². The van der Waals surface area contributed by atoms with Crippen LogP contribution in [0.25, 0.3) is 0 Å². The molecule has 0 saturated carbocycles. The van der Waals surface area contributed by atoms with Crippen molar-refractivity contribution in [3.8, 4) is 0 Å². The molecule has 10 amide bonds. The molecule has 33 nitrogen and oxygen atoms in total. The Bertz CT molecular complexity index is 3600. The third-order valence-electron chi connectivity index (χ3n) is 24.2. The molecule has 0 aliphatic carbocycles. The van der Waals surface area contributed by atoms with Crippen LogP contribution >= 0.6 is 0 Å². The number of likely N-dealkylation sites (N-methyl/N-ethyl adjacent to an activating group) is 1. The summed E-state index contributed by atoms with van der Waals surface area (Å²) in [6.45, 7) is 70.7. The van der Waals surface area contributed by atoms with Gasteiger partial charge in [-0.05, 0) is 66.6 Å².